The predicted molar refractivity (Wildman–Crippen MR) is 73.0 cm³/mol. The summed E-state index contributed by atoms with van der Waals surface area (Å²) in [5.41, 5.74) is 2.32. The number of nitrogens with zero attached hydrogens (tertiary/aromatic N) is 1. The van der Waals surface area contributed by atoms with Crippen molar-refractivity contribution in [3.63, 3.8) is 0 Å². The van der Waals surface area contributed by atoms with E-state index in [1.807, 2.05) is 0 Å². The molecule has 0 saturated heterocycles. The minimum Gasteiger partial charge on any atom is -0.372 e. The van der Waals surface area contributed by atoms with Crippen molar-refractivity contribution < 1.29 is 0 Å². The van der Waals surface area contributed by atoms with Crippen molar-refractivity contribution in [3.8, 4) is 0 Å². The highest BCUT2D eigenvalue weighted by atomic mass is 15.2. The third-order valence-corrected chi connectivity index (χ3v) is 2.67. The lowest BCUT2D eigenvalue weighted by molar-refractivity contribution is 0.370. The number of rotatable bonds is 9. The van der Waals surface area contributed by atoms with E-state index in [4.69, 9.17) is 0 Å². The Morgan fingerprint density at radius 1 is 1.25 bits per heavy atom. The van der Waals surface area contributed by atoms with Gasteiger partial charge in [0.05, 0.1) is 6.67 Å². The zero-order chi connectivity index (χ0) is 12.6. The average Bonchev–Trinajstić information content (AvgIpc) is 2.22. The summed E-state index contributed by atoms with van der Waals surface area (Å²) in [6.45, 7) is 15.6. The molecule has 0 aliphatic heterocycles. The van der Waals surface area contributed by atoms with Crippen molar-refractivity contribution in [2.45, 2.75) is 46.5 Å². The summed E-state index contributed by atoms with van der Waals surface area (Å²) in [7, 11) is 2.08. The highest BCUT2D eigenvalue weighted by molar-refractivity contribution is 4.95. The molecule has 0 heterocycles. The minimum absolute atomic E-state index is 0.744. The van der Waals surface area contributed by atoms with Crippen molar-refractivity contribution in [1.82, 2.24) is 10.2 Å². The maximum atomic E-state index is 4.11. The Balaban J connectivity index is 3.74. The van der Waals surface area contributed by atoms with E-state index in [1.54, 1.807) is 0 Å². The third kappa shape index (κ3) is 7.38. The average molecular weight is 224 g/mol. The molecule has 0 amide bonds. The van der Waals surface area contributed by atoms with Gasteiger partial charge in [-0.25, -0.2) is 0 Å². The number of hydrogen-bond donors (Lipinski definition) is 1. The fraction of sp³-hybridized carbons (Fsp3) is 0.714. The molecule has 94 valence electrons. The highest BCUT2D eigenvalue weighted by Crippen LogP contribution is 2.12. The van der Waals surface area contributed by atoms with Crippen LogP contribution in [0, 0.1) is 5.92 Å². The molecule has 0 fully saturated rings. The fourth-order valence-electron chi connectivity index (χ4n) is 1.38. The zero-order valence-corrected chi connectivity index (χ0v) is 11.5. The first-order valence-electron chi connectivity index (χ1n) is 6.27. The Morgan fingerprint density at radius 3 is 2.38 bits per heavy atom. The Bertz CT molecular complexity index is 219. The molecule has 2 nitrogen and oxygen atoms in total. The van der Waals surface area contributed by atoms with Gasteiger partial charge in [0.1, 0.15) is 0 Å². The van der Waals surface area contributed by atoms with Crippen LogP contribution in [-0.4, -0.2) is 18.6 Å². The van der Waals surface area contributed by atoms with Crippen molar-refractivity contribution in [1.29, 1.82) is 0 Å². The highest BCUT2D eigenvalue weighted by Gasteiger charge is 2.03. The minimum atomic E-state index is 0.744. The number of hydrogen-bond acceptors (Lipinski definition) is 2. The first-order valence-corrected chi connectivity index (χ1v) is 6.27. The van der Waals surface area contributed by atoms with Crippen LogP contribution in [-0.2, 0) is 0 Å². The smallest absolute Gasteiger partial charge is 0.0867 e. The van der Waals surface area contributed by atoms with E-state index in [0.717, 1.165) is 37.5 Å². The van der Waals surface area contributed by atoms with Crippen LogP contribution in [0.25, 0.3) is 0 Å². The molecule has 0 aliphatic rings. The standard InChI is InChI=1S/C14H28N2/c1-7-8-13(4)15-11-16(6)14(5)10-9-12(2)3/h12,15H,4-5,7-11H2,1-3,6H3. The molecule has 0 atom stereocenters. The maximum absolute atomic E-state index is 4.11. The largest absolute Gasteiger partial charge is 0.372 e. The second-order valence-electron chi connectivity index (χ2n) is 4.89. The van der Waals surface area contributed by atoms with Gasteiger partial charge < -0.3 is 10.2 Å². The van der Waals surface area contributed by atoms with Gasteiger partial charge in [0.25, 0.3) is 0 Å². The fourth-order valence-corrected chi connectivity index (χ4v) is 1.38. The van der Waals surface area contributed by atoms with Crippen molar-refractivity contribution in [2.75, 3.05) is 13.7 Å². The van der Waals surface area contributed by atoms with E-state index in [-0.39, 0.29) is 0 Å². The quantitative estimate of drug-likeness (QED) is 0.600. The van der Waals surface area contributed by atoms with Crippen LogP contribution >= 0.6 is 0 Å². The number of allylic oxidation sites excluding steroid dienone is 2. The first kappa shape index (κ1) is 15.1. The van der Waals surface area contributed by atoms with E-state index in [2.05, 4.69) is 51.2 Å². The van der Waals surface area contributed by atoms with Gasteiger partial charge in [0.2, 0.25) is 0 Å². The van der Waals surface area contributed by atoms with Crippen LogP contribution in [0.15, 0.2) is 24.6 Å². The molecule has 0 spiro atoms. The topological polar surface area (TPSA) is 15.3 Å². The van der Waals surface area contributed by atoms with E-state index in [9.17, 15) is 0 Å². The summed E-state index contributed by atoms with van der Waals surface area (Å²) < 4.78 is 0. The van der Waals surface area contributed by atoms with Gasteiger partial charge in [0, 0.05) is 18.4 Å². The lowest BCUT2D eigenvalue weighted by Crippen LogP contribution is -2.29. The van der Waals surface area contributed by atoms with Gasteiger partial charge in [0.15, 0.2) is 0 Å². The van der Waals surface area contributed by atoms with Crippen molar-refractivity contribution in [2.24, 2.45) is 5.92 Å². The number of nitrogens with one attached hydrogen (secondary N) is 1. The van der Waals surface area contributed by atoms with E-state index in [1.165, 1.54) is 12.1 Å². The first-order chi connectivity index (χ1) is 7.47. The normalized spacial score (nSPS) is 10.3. The molecular weight excluding hydrogens is 196 g/mol. The maximum Gasteiger partial charge on any atom is 0.0867 e. The van der Waals surface area contributed by atoms with Crippen LogP contribution < -0.4 is 5.32 Å². The van der Waals surface area contributed by atoms with Gasteiger partial charge in [-0.3, -0.25) is 0 Å². The zero-order valence-electron chi connectivity index (χ0n) is 11.5. The van der Waals surface area contributed by atoms with Gasteiger partial charge >= 0.3 is 0 Å². The molecule has 0 aromatic carbocycles. The molecule has 0 aliphatic carbocycles. The molecule has 0 radical (unpaired) electrons. The molecule has 16 heavy (non-hydrogen) atoms. The Hall–Kier alpha value is -0.920. The molecule has 0 aromatic rings. The van der Waals surface area contributed by atoms with Crippen LogP contribution in [0.3, 0.4) is 0 Å². The molecule has 0 saturated carbocycles. The summed E-state index contributed by atoms with van der Waals surface area (Å²) in [6, 6.07) is 0. The summed E-state index contributed by atoms with van der Waals surface area (Å²) in [5, 5.41) is 3.32. The van der Waals surface area contributed by atoms with E-state index < -0.39 is 0 Å². The SMILES string of the molecule is C=C(CCC)NCN(C)C(=C)CCC(C)C. The Morgan fingerprint density at radius 2 is 1.88 bits per heavy atom. The molecule has 0 bridgehead atoms. The van der Waals surface area contributed by atoms with Gasteiger partial charge in [-0.05, 0) is 25.2 Å². The molecule has 0 rings (SSSR count). The molecular formula is C14H28N2. The predicted octanol–water partition coefficient (Wildman–Crippen LogP) is 3.73. The van der Waals surface area contributed by atoms with E-state index in [0.29, 0.717) is 0 Å². The van der Waals surface area contributed by atoms with Gasteiger partial charge in [-0.1, -0.05) is 40.3 Å². The summed E-state index contributed by atoms with van der Waals surface area (Å²) >= 11 is 0. The van der Waals surface area contributed by atoms with E-state index >= 15 is 0 Å². The second kappa shape index (κ2) is 8.26. The van der Waals surface area contributed by atoms with Crippen LogP contribution in [0.2, 0.25) is 0 Å². The van der Waals surface area contributed by atoms with Gasteiger partial charge in [-0.15, -0.1) is 0 Å². The summed E-state index contributed by atoms with van der Waals surface area (Å²) in [5.74, 6) is 0.744. The summed E-state index contributed by atoms with van der Waals surface area (Å²) in [4.78, 5) is 2.17. The van der Waals surface area contributed by atoms with Crippen LogP contribution in [0.4, 0.5) is 0 Å². The van der Waals surface area contributed by atoms with Crippen LogP contribution in [0.5, 0.6) is 0 Å². The van der Waals surface area contributed by atoms with Gasteiger partial charge in [-0.2, -0.15) is 0 Å². The monoisotopic (exact) mass is 224 g/mol. The molecule has 1 N–H and O–H groups in total. The van der Waals surface area contributed by atoms with Crippen molar-refractivity contribution >= 4 is 0 Å². The third-order valence-electron chi connectivity index (χ3n) is 2.67. The summed E-state index contributed by atoms with van der Waals surface area (Å²) in [6.07, 6.45) is 4.48. The second-order valence-corrected chi connectivity index (χ2v) is 4.89. The lowest BCUT2D eigenvalue weighted by atomic mass is 10.1. The molecule has 0 aromatic heterocycles. The Kier molecular flexibility index (Phi) is 7.78. The molecule has 0 unspecified atom stereocenters. The van der Waals surface area contributed by atoms with Crippen molar-refractivity contribution in [3.05, 3.63) is 24.6 Å². The van der Waals surface area contributed by atoms with Crippen LogP contribution in [0.1, 0.15) is 46.5 Å². The molecule has 2 heteroatoms. The lowest BCUT2D eigenvalue weighted by Gasteiger charge is -2.23. The Labute approximate surface area is 101 Å².